The maximum Gasteiger partial charge on any atom is 0.227 e. The Balaban J connectivity index is 1.51. The van der Waals surface area contributed by atoms with Crippen molar-refractivity contribution in [2.75, 3.05) is 13.1 Å². The molecule has 0 bridgehead atoms. The van der Waals surface area contributed by atoms with E-state index >= 15 is 0 Å². The lowest BCUT2D eigenvalue weighted by molar-refractivity contribution is -0.130. The Labute approximate surface area is 164 Å². The smallest absolute Gasteiger partial charge is 0.227 e. The molecule has 0 atom stereocenters. The van der Waals surface area contributed by atoms with Crippen LogP contribution in [0.1, 0.15) is 16.8 Å². The first-order valence-electron chi connectivity index (χ1n) is 9.15. The summed E-state index contributed by atoms with van der Waals surface area (Å²) in [5.74, 6) is -3.99. The minimum Gasteiger partial charge on any atom is -0.342 e. The monoisotopic (exact) mass is 403 g/mol. The number of aromatic nitrogens is 2. The van der Waals surface area contributed by atoms with Crippen LogP contribution in [0.2, 0.25) is 0 Å². The highest BCUT2D eigenvalue weighted by atomic mass is 19.1. The molecule has 150 valence electrons. The number of H-pyrrole nitrogens is 1. The average Bonchev–Trinajstić information content (AvgIpc) is 2.95. The van der Waals surface area contributed by atoms with Crippen LogP contribution in [0.4, 0.5) is 17.6 Å². The van der Waals surface area contributed by atoms with Gasteiger partial charge in [0.2, 0.25) is 5.91 Å². The van der Waals surface area contributed by atoms with Gasteiger partial charge in [-0.2, -0.15) is 5.10 Å². The molecule has 8 heteroatoms. The van der Waals surface area contributed by atoms with Gasteiger partial charge in [-0.05, 0) is 18.6 Å². The summed E-state index contributed by atoms with van der Waals surface area (Å²) in [5.41, 5.74) is 2.56. The lowest BCUT2D eigenvalue weighted by Crippen LogP contribution is -2.35. The molecule has 0 aliphatic carbocycles. The van der Waals surface area contributed by atoms with Crippen LogP contribution in [-0.4, -0.2) is 34.1 Å². The van der Waals surface area contributed by atoms with Crippen molar-refractivity contribution in [3.63, 3.8) is 0 Å². The molecule has 0 radical (unpaired) electrons. The van der Waals surface area contributed by atoms with E-state index < -0.39 is 35.3 Å². The van der Waals surface area contributed by atoms with Gasteiger partial charge >= 0.3 is 0 Å². The van der Waals surface area contributed by atoms with Crippen LogP contribution in [0.5, 0.6) is 0 Å². The first kappa shape index (κ1) is 19.2. The number of halogens is 4. The van der Waals surface area contributed by atoms with Gasteiger partial charge in [-0.3, -0.25) is 9.89 Å². The Hall–Kier alpha value is -3.16. The van der Waals surface area contributed by atoms with Gasteiger partial charge in [0.1, 0.15) is 23.3 Å². The summed E-state index contributed by atoms with van der Waals surface area (Å²) in [4.78, 5) is 14.1. The highest BCUT2D eigenvalue weighted by Crippen LogP contribution is 2.27. The molecule has 0 spiro atoms. The maximum absolute atomic E-state index is 13.9. The van der Waals surface area contributed by atoms with E-state index in [4.69, 9.17) is 0 Å². The number of benzene rings is 2. The van der Waals surface area contributed by atoms with E-state index in [2.05, 4.69) is 10.2 Å². The summed E-state index contributed by atoms with van der Waals surface area (Å²) < 4.78 is 54.4. The minimum atomic E-state index is -1.08. The number of nitrogens with zero attached hydrogens (tertiary/aromatic N) is 2. The zero-order valence-electron chi connectivity index (χ0n) is 15.3. The van der Waals surface area contributed by atoms with Crippen molar-refractivity contribution in [3.8, 4) is 11.3 Å². The lowest BCUT2D eigenvalue weighted by Gasteiger charge is -2.20. The molecule has 1 N–H and O–H groups in total. The fourth-order valence-electron chi connectivity index (χ4n) is 3.61. The van der Waals surface area contributed by atoms with Gasteiger partial charge in [-0.1, -0.05) is 12.1 Å². The SMILES string of the molecule is O=C(Cc1c(F)cc(F)cc1F)N1CCc2[nH]nc(-c3cccc(F)c3)c2CC1. The lowest BCUT2D eigenvalue weighted by atomic mass is 10.0. The maximum atomic E-state index is 13.9. The summed E-state index contributed by atoms with van der Waals surface area (Å²) in [6, 6.07) is 7.23. The molecule has 1 aliphatic heterocycles. The summed E-state index contributed by atoms with van der Waals surface area (Å²) in [6.45, 7) is 0.680. The van der Waals surface area contributed by atoms with E-state index in [1.165, 1.54) is 17.0 Å². The van der Waals surface area contributed by atoms with E-state index in [0.29, 0.717) is 49.3 Å². The summed E-state index contributed by atoms with van der Waals surface area (Å²) in [6.07, 6.45) is 0.469. The minimum absolute atomic E-state index is 0.331. The molecular weight excluding hydrogens is 386 g/mol. The number of carbonyl (C=O) groups is 1. The molecule has 2 aromatic carbocycles. The number of aromatic amines is 1. The predicted molar refractivity (Wildman–Crippen MR) is 98.0 cm³/mol. The third-order valence-electron chi connectivity index (χ3n) is 5.10. The second-order valence-electron chi connectivity index (χ2n) is 6.95. The molecule has 0 saturated carbocycles. The van der Waals surface area contributed by atoms with Crippen LogP contribution in [0.25, 0.3) is 11.3 Å². The average molecular weight is 403 g/mol. The first-order chi connectivity index (χ1) is 13.9. The molecule has 1 aromatic heterocycles. The Bertz CT molecular complexity index is 1060. The fourth-order valence-corrected chi connectivity index (χ4v) is 3.61. The second kappa shape index (κ2) is 7.69. The summed E-state index contributed by atoms with van der Waals surface area (Å²) in [7, 11) is 0. The van der Waals surface area contributed by atoms with Crippen molar-refractivity contribution >= 4 is 5.91 Å². The van der Waals surface area contributed by atoms with Crippen LogP contribution < -0.4 is 0 Å². The van der Waals surface area contributed by atoms with E-state index in [9.17, 15) is 22.4 Å². The quantitative estimate of drug-likeness (QED) is 0.677. The molecule has 0 fully saturated rings. The first-order valence-corrected chi connectivity index (χ1v) is 9.15. The number of hydrogen-bond donors (Lipinski definition) is 1. The van der Waals surface area contributed by atoms with Gasteiger partial charge in [0.25, 0.3) is 0 Å². The summed E-state index contributed by atoms with van der Waals surface area (Å²) >= 11 is 0. The zero-order valence-corrected chi connectivity index (χ0v) is 15.3. The molecule has 3 aromatic rings. The number of amides is 1. The van der Waals surface area contributed by atoms with Gasteiger partial charge in [0, 0.05) is 54.0 Å². The third-order valence-corrected chi connectivity index (χ3v) is 5.10. The molecular formula is C21H17F4N3O. The van der Waals surface area contributed by atoms with Crippen molar-refractivity contribution < 1.29 is 22.4 Å². The molecule has 4 nitrogen and oxygen atoms in total. The normalized spacial score (nSPS) is 13.9. The standard InChI is InChI=1S/C21H17F4N3O/c22-13-3-1-2-12(8-13)21-15-4-6-28(7-5-19(15)26-27-21)20(29)11-16-17(24)9-14(23)10-18(16)25/h1-3,8-10H,4-7,11H2,(H,26,27). The Kier molecular flexibility index (Phi) is 5.08. The van der Waals surface area contributed by atoms with Gasteiger partial charge in [-0.15, -0.1) is 0 Å². The molecule has 2 heterocycles. The van der Waals surface area contributed by atoms with E-state index in [1.807, 2.05) is 0 Å². The van der Waals surface area contributed by atoms with Gasteiger partial charge in [-0.25, -0.2) is 17.6 Å². The summed E-state index contributed by atoms with van der Waals surface area (Å²) in [5, 5.41) is 7.24. The van der Waals surface area contributed by atoms with E-state index in [-0.39, 0.29) is 5.82 Å². The van der Waals surface area contributed by atoms with Gasteiger partial charge in [0.15, 0.2) is 0 Å². The van der Waals surface area contributed by atoms with Gasteiger partial charge < -0.3 is 4.90 Å². The van der Waals surface area contributed by atoms with Crippen molar-refractivity contribution in [2.24, 2.45) is 0 Å². The van der Waals surface area contributed by atoms with Crippen LogP contribution in [0.3, 0.4) is 0 Å². The van der Waals surface area contributed by atoms with E-state index in [1.54, 1.807) is 12.1 Å². The topological polar surface area (TPSA) is 49.0 Å². The van der Waals surface area contributed by atoms with Crippen molar-refractivity contribution in [1.29, 1.82) is 0 Å². The van der Waals surface area contributed by atoms with Crippen molar-refractivity contribution in [1.82, 2.24) is 15.1 Å². The Morgan fingerprint density at radius 1 is 1.00 bits per heavy atom. The largest absolute Gasteiger partial charge is 0.342 e. The van der Waals surface area contributed by atoms with Crippen LogP contribution in [0, 0.1) is 23.3 Å². The molecule has 4 rings (SSSR count). The van der Waals surface area contributed by atoms with E-state index in [0.717, 1.165) is 11.3 Å². The van der Waals surface area contributed by atoms with Crippen LogP contribution in [-0.2, 0) is 24.1 Å². The zero-order chi connectivity index (χ0) is 20.5. The molecule has 29 heavy (non-hydrogen) atoms. The number of rotatable bonds is 3. The third kappa shape index (κ3) is 3.87. The number of carbonyl (C=O) groups excluding carboxylic acids is 1. The Morgan fingerprint density at radius 3 is 2.45 bits per heavy atom. The second-order valence-corrected chi connectivity index (χ2v) is 6.95. The molecule has 0 unspecified atom stereocenters. The van der Waals surface area contributed by atoms with Crippen molar-refractivity contribution in [3.05, 3.63) is 76.5 Å². The fraction of sp³-hybridized carbons (Fsp3) is 0.238. The number of hydrogen-bond acceptors (Lipinski definition) is 2. The highest BCUT2D eigenvalue weighted by molar-refractivity contribution is 5.79. The Morgan fingerprint density at radius 2 is 1.72 bits per heavy atom. The highest BCUT2D eigenvalue weighted by Gasteiger charge is 2.25. The van der Waals surface area contributed by atoms with Crippen molar-refractivity contribution in [2.45, 2.75) is 19.3 Å². The number of nitrogens with one attached hydrogen (secondary N) is 1. The molecule has 1 amide bonds. The van der Waals surface area contributed by atoms with Crippen LogP contribution >= 0.6 is 0 Å². The number of fused-ring (bicyclic) bond motifs is 1. The molecule has 1 aliphatic rings. The predicted octanol–water partition coefficient (Wildman–Crippen LogP) is 3.80. The van der Waals surface area contributed by atoms with Gasteiger partial charge in [0.05, 0.1) is 12.1 Å². The molecule has 0 saturated heterocycles. The van der Waals surface area contributed by atoms with Crippen LogP contribution in [0.15, 0.2) is 36.4 Å².